The number of carbonyl (C=O) groups excluding carboxylic acids is 1. The molecule has 0 aromatic heterocycles. The number of hydrogen-bond donors (Lipinski definition) is 1. The van der Waals surface area contributed by atoms with E-state index in [1.54, 1.807) is 37.6 Å². The highest BCUT2D eigenvalue weighted by atomic mass is 79.9. The zero-order valence-corrected chi connectivity index (χ0v) is 18.6. The molecule has 0 aliphatic rings. The van der Waals surface area contributed by atoms with Gasteiger partial charge in [0.2, 0.25) is 0 Å². The van der Waals surface area contributed by atoms with E-state index in [1.807, 2.05) is 25.1 Å². The highest BCUT2D eigenvalue weighted by Crippen LogP contribution is 2.36. The van der Waals surface area contributed by atoms with Crippen LogP contribution in [0.2, 0.25) is 5.02 Å². The van der Waals surface area contributed by atoms with Gasteiger partial charge in [-0.25, -0.2) is 5.43 Å². The van der Waals surface area contributed by atoms with Crippen molar-refractivity contribution >= 4 is 51.4 Å². The Bertz CT molecular complexity index is 859. The van der Waals surface area contributed by atoms with Gasteiger partial charge in [-0.3, -0.25) is 4.79 Å². The van der Waals surface area contributed by atoms with Crippen LogP contribution >= 0.6 is 39.3 Å². The Balaban J connectivity index is 1.99. The number of carbonyl (C=O) groups is 1. The fraction of sp³-hybridized carbons (Fsp3) is 0.200. The maximum Gasteiger partial charge on any atom is 0.253 e. The average Bonchev–Trinajstić information content (AvgIpc) is 2.68. The van der Waals surface area contributed by atoms with Crippen LogP contribution in [-0.2, 0) is 4.79 Å². The van der Waals surface area contributed by atoms with E-state index < -0.39 is 0 Å². The molecular weight excluding hydrogens is 464 g/mol. The lowest BCUT2D eigenvalue weighted by Crippen LogP contribution is -2.26. The van der Waals surface area contributed by atoms with Gasteiger partial charge in [0, 0.05) is 9.92 Å². The average molecular weight is 484 g/mol. The van der Waals surface area contributed by atoms with Crippen molar-refractivity contribution in [1.82, 2.24) is 5.43 Å². The summed E-state index contributed by atoms with van der Waals surface area (Å²) in [5.74, 6) is 0.931. The van der Waals surface area contributed by atoms with E-state index in [-0.39, 0.29) is 11.2 Å². The molecule has 1 amide bonds. The number of hydrazone groups is 1. The lowest BCUT2D eigenvalue weighted by molar-refractivity contribution is -0.120. The molecule has 0 bridgehead atoms. The lowest BCUT2D eigenvalue weighted by atomic mass is 10.2. The van der Waals surface area contributed by atoms with Crippen molar-refractivity contribution in [2.45, 2.75) is 17.1 Å². The van der Waals surface area contributed by atoms with Gasteiger partial charge in [0.1, 0.15) is 6.61 Å². The minimum Gasteiger partial charge on any atom is -0.493 e. The van der Waals surface area contributed by atoms with E-state index in [0.29, 0.717) is 27.6 Å². The zero-order chi connectivity index (χ0) is 20.5. The molecule has 0 radical (unpaired) electrons. The number of ether oxygens (including phenoxy) is 2. The van der Waals surface area contributed by atoms with Gasteiger partial charge in [0.25, 0.3) is 5.91 Å². The van der Waals surface area contributed by atoms with Crippen LogP contribution in [0.5, 0.6) is 11.5 Å². The Morgan fingerprint density at radius 3 is 2.75 bits per heavy atom. The summed E-state index contributed by atoms with van der Waals surface area (Å²) in [6, 6.07) is 10.9. The third kappa shape index (κ3) is 6.58. The predicted molar refractivity (Wildman–Crippen MR) is 119 cm³/mol. The maximum absolute atomic E-state index is 12.2. The normalized spacial score (nSPS) is 11.9. The van der Waals surface area contributed by atoms with Crippen LogP contribution in [0.4, 0.5) is 0 Å². The van der Waals surface area contributed by atoms with Crippen LogP contribution in [0.3, 0.4) is 0 Å². The topological polar surface area (TPSA) is 59.9 Å². The number of hydrogen-bond acceptors (Lipinski definition) is 5. The van der Waals surface area contributed by atoms with Crippen molar-refractivity contribution in [2.24, 2.45) is 5.10 Å². The molecule has 2 rings (SSSR count). The Morgan fingerprint density at radius 2 is 2.11 bits per heavy atom. The van der Waals surface area contributed by atoms with Gasteiger partial charge in [0.05, 0.1) is 23.0 Å². The third-order valence-electron chi connectivity index (χ3n) is 3.48. The first kappa shape index (κ1) is 22.3. The van der Waals surface area contributed by atoms with Crippen molar-refractivity contribution in [1.29, 1.82) is 0 Å². The molecule has 28 heavy (non-hydrogen) atoms. The van der Waals surface area contributed by atoms with Crippen molar-refractivity contribution in [2.75, 3.05) is 13.7 Å². The van der Waals surface area contributed by atoms with Crippen molar-refractivity contribution in [3.8, 4) is 11.5 Å². The summed E-state index contributed by atoms with van der Waals surface area (Å²) in [7, 11) is 1.56. The van der Waals surface area contributed by atoms with E-state index in [0.717, 1.165) is 10.5 Å². The monoisotopic (exact) mass is 482 g/mol. The van der Waals surface area contributed by atoms with E-state index in [2.05, 4.69) is 33.0 Å². The van der Waals surface area contributed by atoms with Crippen molar-refractivity contribution in [3.05, 3.63) is 64.1 Å². The first-order chi connectivity index (χ1) is 13.4. The number of nitrogens with one attached hydrogen (secondary N) is 1. The molecule has 1 N–H and O–H groups in total. The number of nitrogens with zero attached hydrogens (tertiary/aromatic N) is 1. The molecule has 2 aromatic rings. The number of rotatable bonds is 9. The Labute approximate surface area is 182 Å². The predicted octanol–water partition coefficient (Wildman–Crippen LogP) is 5.31. The van der Waals surface area contributed by atoms with Crippen molar-refractivity contribution in [3.63, 3.8) is 0 Å². The fourth-order valence-electron chi connectivity index (χ4n) is 2.13. The van der Waals surface area contributed by atoms with Crippen LogP contribution in [0.25, 0.3) is 0 Å². The Hall–Kier alpha value is -1.96. The first-order valence-electron chi connectivity index (χ1n) is 8.31. The van der Waals surface area contributed by atoms with Crippen molar-refractivity contribution < 1.29 is 14.3 Å². The molecule has 2 aromatic carbocycles. The number of halogens is 2. The van der Waals surface area contributed by atoms with Gasteiger partial charge in [-0.2, -0.15) is 5.10 Å². The first-order valence-corrected chi connectivity index (χ1v) is 10.4. The highest BCUT2D eigenvalue weighted by Gasteiger charge is 2.14. The summed E-state index contributed by atoms with van der Waals surface area (Å²) in [5.41, 5.74) is 3.29. The molecule has 148 valence electrons. The summed E-state index contributed by atoms with van der Waals surface area (Å²) in [6.45, 7) is 5.81. The molecular formula is C20H20BrClN2O3S. The molecule has 8 heteroatoms. The third-order valence-corrected chi connectivity index (χ3v) is 5.43. The second-order valence-corrected chi connectivity index (χ2v) is 8.29. The lowest BCUT2D eigenvalue weighted by Gasteiger charge is -2.12. The zero-order valence-electron chi connectivity index (χ0n) is 15.4. The van der Waals surface area contributed by atoms with E-state index in [4.69, 9.17) is 21.1 Å². The van der Waals surface area contributed by atoms with Gasteiger partial charge in [-0.15, -0.1) is 11.8 Å². The van der Waals surface area contributed by atoms with E-state index in [1.165, 1.54) is 11.8 Å². The van der Waals surface area contributed by atoms with Gasteiger partial charge in [-0.05, 0) is 64.8 Å². The maximum atomic E-state index is 12.2. The number of amides is 1. The Kier molecular flexibility index (Phi) is 8.89. The van der Waals surface area contributed by atoms with Gasteiger partial charge >= 0.3 is 0 Å². The number of methoxy groups -OCH3 is 1. The fourth-order valence-corrected chi connectivity index (χ4v) is 3.69. The summed E-state index contributed by atoms with van der Waals surface area (Å²) in [6.07, 6.45) is 3.20. The van der Waals surface area contributed by atoms with Crippen LogP contribution in [0, 0.1) is 0 Å². The SMILES string of the molecule is C=CCOc1c(Br)cc(/C=N\NC(=O)[C@H](C)Sc2ccc(Cl)cc2)cc1OC. The molecule has 5 nitrogen and oxygen atoms in total. The molecule has 0 spiro atoms. The molecule has 0 aliphatic heterocycles. The smallest absolute Gasteiger partial charge is 0.253 e. The summed E-state index contributed by atoms with van der Waals surface area (Å²) in [4.78, 5) is 13.2. The molecule has 0 aliphatic carbocycles. The van der Waals surface area contributed by atoms with Crippen LogP contribution in [-0.4, -0.2) is 31.1 Å². The molecule has 0 heterocycles. The second-order valence-electron chi connectivity index (χ2n) is 5.58. The minimum atomic E-state index is -0.311. The van der Waals surface area contributed by atoms with Crippen LogP contribution in [0.1, 0.15) is 12.5 Å². The highest BCUT2D eigenvalue weighted by molar-refractivity contribution is 9.10. The molecule has 0 fully saturated rings. The largest absolute Gasteiger partial charge is 0.493 e. The Morgan fingerprint density at radius 1 is 1.39 bits per heavy atom. The molecule has 0 saturated heterocycles. The molecule has 0 unspecified atom stereocenters. The summed E-state index contributed by atoms with van der Waals surface area (Å²) < 4.78 is 11.7. The number of benzene rings is 2. The van der Waals surface area contributed by atoms with Gasteiger partial charge in [0.15, 0.2) is 11.5 Å². The summed E-state index contributed by atoms with van der Waals surface area (Å²) >= 11 is 10.8. The number of thioether (sulfide) groups is 1. The quantitative estimate of drug-likeness (QED) is 0.227. The molecule has 1 atom stereocenters. The molecule has 0 saturated carbocycles. The van der Waals surface area contributed by atoms with Crippen LogP contribution < -0.4 is 14.9 Å². The summed E-state index contributed by atoms with van der Waals surface area (Å²) in [5, 5.41) is 4.38. The van der Waals surface area contributed by atoms with E-state index >= 15 is 0 Å². The van der Waals surface area contributed by atoms with Crippen LogP contribution in [0.15, 0.2) is 63.5 Å². The minimum absolute atomic E-state index is 0.201. The van der Waals surface area contributed by atoms with E-state index in [9.17, 15) is 4.79 Å². The van der Waals surface area contributed by atoms with Gasteiger partial charge in [-0.1, -0.05) is 24.3 Å². The second kappa shape index (κ2) is 11.1. The standard InChI is InChI=1S/C20H20BrClN2O3S/c1-4-9-27-19-17(21)10-14(11-18(19)26-3)12-23-24-20(25)13(2)28-16-7-5-15(22)6-8-16/h4-8,10-13H,1,9H2,2-3H3,(H,24,25)/b23-12-/t13-/m0/s1. The van der Waals surface area contributed by atoms with Gasteiger partial charge < -0.3 is 9.47 Å².